The minimum absolute atomic E-state index is 0.0476. The van der Waals surface area contributed by atoms with Crippen molar-refractivity contribution in [3.05, 3.63) is 12.2 Å². The number of nitrogens with two attached hydrogens (primary N) is 1. The molecule has 3 N–H and O–H groups in total. The Balaban J connectivity index is 1.73. The second-order valence-electron chi connectivity index (χ2n) is 10.8. The van der Waals surface area contributed by atoms with E-state index in [4.69, 9.17) is 43.6 Å². The van der Waals surface area contributed by atoms with Crippen LogP contribution in [0, 0.1) is 5.92 Å². The average molecular weight is 689 g/mol. The molecule has 0 spiro atoms. The largest absolute Gasteiger partial charge is 0.387 e. The highest BCUT2D eigenvalue weighted by atomic mass is 16.6. The van der Waals surface area contributed by atoms with Crippen molar-refractivity contribution in [3.63, 3.8) is 0 Å². The van der Waals surface area contributed by atoms with Crippen molar-refractivity contribution < 1.29 is 57.1 Å². The molecule has 0 aromatic heterocycles. The Labute approximate surface area is 283 Å². The Morgan fingerprint density at radius 1 is 0.667 bits per heavy atom. The first kappa shape index (κ1) is 43.2. The van der Waals surface area contributed by atoms with E-state index < -0.39 is 6.04 Å². The zero-order valence-corrected chi connectivity index (χ0v) is 28.8. The van der Waals surface area contributed by atoms with Crippen LogP contribution in [-0.4, -0.2) is 159 Å². The fraction of sp³-hybridized carbons (Fsp3) is 0.781. The lowest BCUT2D eigenvalue weighted by Gasteiger charge is -2.19. The fourth-order valence-electron chi connectivity index (χ4n) is 4.00. The van der Waals surface area contributed by atoms with Crippen LogP contribution in [0.4, 0.5) is 0 Å². The van der Waals surface area contributed by atoms with Gasteiger partial charge < -0.3 is 48.9 Å². The van der Waals surface area contributed by atoms with Crippen molar-refractivity contribution in [1.82, 2.24) is 10.2 Å². The van der Waals surface area contributed by atoms with E-state index in [1.54, 1.807) is 0 Å². The monoisotopic (exact) mass is 688 g/mol. The molecule has 0 bridgehead atoms. The maximum absolute atomic E-state index is 11.9. The number of amidine groups is 1. The first-order valence-electron chi connectivity index (χ1n) is 16.5. The number of nitrogens with one attached hydrogen (secondary N) is 1. The number of aliphatic imine (C=N–C) groups is 1. The molecule has 0 saturated carbocycles. The number of ether oxygens (including phenoxy) is 8. The van der Waals surface area contributed by atoms with Crippen molar-refractivity contribution in [1.29, 1.82) is 0 Å². The van der Waals surface area contributed by atoms with Gasteiger partial charge in [0.25, 0.3) is 11.8 Å². The minimum atomic E-state index is -0.462. The summed E-state index contributed by atoms with van der Waals surface area (Å²) in [5.41, 5.74) is 5.81. The van der Waals surface area contributed by atoms with Crippen LogP contribution in [0.2, 0.25) is 0 Å². The minimum Gasteiger partial charge on any atom is -0.387 e. The van der Waals surface area contributed by atoms with Crippen LogP contribution in [0.15, 0.2) is 17.1 Å². The summed E-state index contributed by atoms with van der Waals surface area (Å²) in [4.78, 5) is 51.7. The summed E-state index contributed by atoms with van der Waals surface area (Å²) in [6.07, 6.45) is 3.00. The molecule has 0 saturated heterocycles. The molecule has 1 atom stereocenters. The topological polar surface area (TPSA) is 196 Å². The van der Waals surface area contributed by atoms with E-state index in [1.807, 2.05) is 13.8 Å². The van der Waals surface area contributed by atoms with E-state index in [2.05, 4.69) is 10.3 Å². The molecule has 0 aliphatic carbocycles. The molecule has 0 radical (unpaired) electrons. The van der Waals surface area contributed by atoms with Crippen molar-refractivity contribution in [2.24, 2.45) is 16.6 Å². The number of rotatable bonds is 33. The number of carbonyl (C=O) groups excluding carboxylic acids is 4. The Hall–Kier alpha value is -2.83. The zero-order chi connectivity index (χ0) is 35.2. The molecule has 16 heteroatoms. The quantitative estimate of drug-likeness (QED) is 0.0402. The molecule has 0 aromatic carbocycles. The van der Waals surface area contributed by atoms with Crippen LogP contribution in [0.3, 0.4) is 0 Å². The predicted octanol–water partition coefficient (Wildman–Crippen LogP) is -0.0886. The molecule has 3 amide bonds. The van der Waals surface area contributed by atoms with Gasteiger partial charge in [0.15, 0.2) is 5.78 Å². The highest BCUT2D eigenvalue weighted by molar-refractivity contribution is 6.13. The summed E-state index contributed by atoms with van der Waals surface area (Å²) < 4.78 is 43.5. The average Bonchev–Trinajstić information content (AvgIpc) is 3.37. The summed E-state index contributed by atoms with van der Waals surface area (Å²) in [6, 6.07) is -0.462. The van der Waals surface area contributed by atoms with E-state index in [0.717, 1.165) is 4.90 Å². The van der Waals surface area contributed by atoms with Gasteiger partial charge in [-0.3, -0.25) is 29.1 Å². The molecule has 0 fully saturated rings. The Morgan fingerprint density at radius 2 is 1.04 bits per heavy atom. The second kappa shape index (κ2) is 29.1. The molecular weight excluding hydrogens is 632 g/mol. The van der Waals surface area contributed by atoms with Gasteiger partial charge in [0.2, 0.25) is 5.91 Å². The maximum Gasteiger partial charge on any atom is 0.253 e. The summed E-state index contributed by atoms with van der Waals surface area (Å²) in [7, 11) is 0. The standard InChI is InChI=1S/C32H56N4O12/c1-26(2)32(27(3)37)35-29(38)7-10-41-12-14-43-16-18-45-20-22-47-24-25-48-23-21-46-19-17-44-15-13-42-11-8-34-28(33)6-9-36-30(39)4-5-31(36)40/h4-5,26,32H,6-25H2,1-3H3,(H2,33,34)(H,35,38). The summed E-state index contributed by atoms with van der Waals surface area (Å²) >= 11 is 0. The second-order valence-corrected chi connectivity index (χ2v) is 10.8. The molecule has 0 aromatic rings. The highest BCUT2D eigenvalue weighted by Crippen LogP contribution is 2.04. The number of Topliss-reactive ketones (excluding diaryl/α,β-unsaturated/α-hetero) is 1. The summed E-state index contributed by atoms with van der Waals surface area (Å²) in [6.45, 7) is 12.7. The smallest absolute Gasteiger partial charge is 0.253 e. The summed E-state index contributed by atoms with van der Waals surface area (Å²) in [5, 5.41) is 2.73. The number of carbonyl (C=O) groups is 4. The molecule has 48 heavy (non-hydrogen) atoms. The first-order chi connectivity index (χ1) is 23.2. The van der Waals surface area contributed by atoms with Gasteiger partial charge in [0.1, 0.15) is 0 Å². The number of nitrogens with zero attached hydrogens (tertiary/aromatic N) is 2. The molecule has 1 aliphatic rings. The van der Waals surface area contributed by atoms with Gasteiger partial charge in [0.05, 0.1) is 124 Å². The fourth-order valence-corrected chi connectivity index (χ4v) is 4.00. The van der Waals surface area contributed by atoms with Gasteiger partial charge in [-0.05, 0) is 12.8 Å². The van der Waals surface area contributed by atoms with Crippen molar-refractivity contribution in [2.45, 2.75) is 39.7 Å². The Bertz CT molecular complexity index is 945. The van der Waals surface area contributed by atoms with E-state index in [-0.39, 0.29) is 49.0 Å². The zero-order valence-electron chi connectivity index (χ0n) is 28.8. The molecule has 1 aliphatic heterocycles. The van der Waals surface area contributed by atoms with Gasteiger partial charge in [-0.25, -0.2) is 0 Å². The maximum atomic E-state index is 11.9. The highest BCUT2D eigenvalue weighted by Gasteiger charge is 2.23. The lowest BCUT2D eigenvalue weighted by atomic mass is 10.0. The Morgan fingerprint density at radius 3 is 1.42 bits per heavy atom. The van der Waals surface area contributed by atoms with Gasteiger partial charge >= 0.3 is 0 Å². The molecule has 1 rings (SSSR count). The SMILES string of the molecule is CC(=O)C(NC(=O)CCOCCOCCOCCOCCOCCOCCOCCOCCN=C(N)CCN1C(=O)C=CC1=O)C(C)C. The van der Waals surface area contributed by atoms with Crippen LogP contribution in [-0.2, 0) is 57.1 Å². The lowest BCUT2D eigenvalue weighted by molar-refractivity contribution is -0.136. The van der Waals surface area contributed by atoms with Crippen LogP contribution < -0.4 is 11.1 Å². The van der Waals surface area contributed by atoms with Crippen LogP contribution in [0.5, 0.6) is 0 Å². The van der Waals surface area contributed by atoms with Gasteiger partial charge in [-0.15, -0.1) is 0 Å². The van der Waals surface area contributed by atoms with Gasteiger partial charge in [0, 0.05) is 31.5 Å². The molecule has 16 nitrogen and oxygen atoms in total. The predicted molar refractivity (Wildman–Crippen MR) is 176 cm³/mol. The van der Waals surface area contributed by atoms with Crippen LogP contribution >= 0.6 is 0 Å². The number of imide groups is 1. The van der Waals surface area contributed by atoms with Crippen LogP contribution in [0.1, 0.15) is 33.6 Å². The van der Waals surface area contributed by atoms with Gasteiger partial charge in [-0.2, -0.15) is 0 Å². The number of amides is 3. The van der Waals surface area contributed by atoms with E-state index >= 15 is 0 Å². The normalized spacial score (nSPS) is 14.0. The molecule has 276 valence electrons. The van der Waals surface area contributed by atoms with Crippen LogP contribution in [0.25, 0.3) is 0 Å². The third kappa shape index (κ3) is 23.5. The summed E-state index contributed by atoms with van der Waals surface area (Å²) in [5.74, 6) is -0.506. The van der Waals surface area contributed by atoms with E-state index in [9.17, 15) is 19.2 Å². The number of hydrogen-bond acceptors (Lipinski definition) is 13. The molecular formula is C32H56N4O12. The van der Waals surface area contributed by atoms with Gasteiger partial charge in [-0.1, -0.05) is 13.8 Å². The van der Waals surface area contributed by atoms with Crippen molar-refractivity contribution in [2.75, 3.05) is 119 Å². The van der Waals surface area contributed by atoms with E-state index in [1.165, 1.54) is 19.1 Å². The number of ketones is 1. The third-order valence-corrected chi connectivity index (χ3v) is 6.54. The van der Waals surface area contributed by atoms with Crippen molar-refractivity contribution >= 4 is 29.3 Å². The van der Waals surface area contributed by atoms with Crippen molar-refractivity contribution in [3.8, 4) is 0 Å². The third-order valence-electron chi connectivity index (χ3n) is 6.54. The molecule has 1 unspecified atom stereocenters. The lowest BCUT2D eigenvalue weighted by Crippen LogP contribution is -2.43. The van der Waals surface area contributed by atoms with E-state index in [0.29, 0.717) is 118 Å². The molecule has 1 heterocycles. The Kier molecular flexibility index (Phi) is 26.2. The number of hydrogen-bond donors (Lipinski definition) is 2. The first-order valence-corrected chi connectivity index (χ1v) is 16.5.